The number of ether oxygens (including phenoxy) is 1. The molecule has 3 heteroatoms. The van der Waals surface area contributed by atoms with E-state index in [1.807, 2.05) is 0 Å². The van der Waals surface area contributed by atoms with Crippen LogP contribution in [-0.4, -0.2) is 50.8 Å². The van der Waals surface area contributed by atoms with E-state index in [0.717, 1.165) is 19.7 Å². The zero-order valence-electron chi connectivity index (χ0n) is 9.75. The molecule has 3 nitrogen and oxygen atoms in total. The highest BCUT2D eigenvalue weighted by Gasteiger charge is 2.29. The Kier molecular flexibility index (Phi) is 5.45. The topological polar surface area (TPSA) is 24.5 Å². The number of nitrogens with zero attached hydrogens (tertiary/aromatic N) is 1. The van der Waals surface area contributed by atoms with E-state index in [9.17, 15) is 0 Å². The summed E-state index contributed by atoms with van der Waals surface area (Å²) in [5.74, 6) is 0. The normalized spacial score (nSPS) is 27.4. The summed E-state index contributed by atoms with van der Waals surface area (Å²) in [6, 6.07) is 1.41. The Bertz CT molecular complexity index is 152. The van der Waals surface area contributed by atoms with E-state index in [0.29, 0.717) is 12.1 Å². The van der Waals surface area contributed by atoms with Gasteiger partial charge in [-0.1, -0.05) is 13.3 Å². The van der Waals surface area contributed by atoms with Crippen molar-refractivity contribution in [1.29, 1.82) is 0 Å². The van der Waals surface area contributed by atoms with Crippen molar-refractivity contribution in [1.82, 2.24) is 10.2 Å². The van der Waals surface area contributed by atoms with Gasteiger partial charge in [-0.15, -0.1) is 0 Å². The highest BCUT2D eigenvalue weighted by atomic mass is 16.5. The SMILES string of the molecule is CCNC1CCCC1N(C)CCOC. The van der Waals surface area contributed by atoms with Crippen molar-refractivity contribution < 1.29 is 4.74 Å². The number of likely N-dealkylation sites (N-methyl/N-ethyl adjacent to an activating group) is 2. The molecular formula is C11H24N2O. The lowest BCUT2D eigenvalue weighted by atomic mass is 10.1. The summed E-state index contributed by atoms with van der Waals surface area (Å²) >= 11 is 0. The van der Waals surface area contributed by atoms with Crippen LogP contribution in [0.5, 0.6) is 0 Å². The third kappa shape index (κ3) is 3.23. The molecule has 0 aromatic rings. The lowest BCUT2D eigenvalue weighted by Gasteiger charge is -2.29. The highest BCUT2D eigenvalue weighted by Crippen LogP contribution is 2.23. The monoisotopic (exact) mass is 200 g/mol. The molecule has 1 N–H and O–H groups in total. The largest absolute Gasteiger partial charge is 0.383 e. The van der Waals surface area contributed by atoms with Crippen LogP contribution in [0.1, 0.15) is 26.2 Å². The van der Waals surface area contributed by atoms with Crippen molar-refractivity contribution in [3.8, 4) is 0 Å². The van der Waals surface area contributed by atoms with Crippen LogP contribution in [0, 0.1) is 0 Å². The molecule has 0 bridgehead atoms. The molecule has 1 fully saturated rings. The molecule has 2 unspecified atom stereocenters. The highest BCUT2D eigenvalue weighted by molar-refractivity contribution is 4.88. The summed E-state index contributed by atoms with van der Waals surface area (Å²) in [7, 11) is 3.98. The summed E-state index contributed by atoms with van der Waals surface area (Å²) in [5, 5.41) is 3.57. The summed E-state index contributed by atoms with van der Waals surface area (Å²) in [6.45, 7) is 5.15. The van der Waals surface area contributed by atoms with Gasteiger partial charge in [-0.05, 0) is 26.4 Å². The van der Waals surface area contributed by atoms with Gasteiger partial charge in [-0.3, -0.25) is 4.90 Å². The summed E-state index contributed by atoms with van der Waals surface area (Å²) in [6.07, 6.45) is 4.02. The van der Waals surface area contributed by atoms with E-state index in [1.54, 1.807) is 7.11 Å². The van der Waals surface area contributed by atoms with Crippen LogP contribution in [0.3, 0.4) is 0 Å². The molecule has 0 aliphatic heterocycles. The van der Waals surface area contributed by atoms with Gasteiger partial charge in [0.1, 0.15) is 0 Å². The quantitative estimate of drug-likeness (QED) is 0.695. The fourth-order valence-corrected chi connectivity index (χ4v) is 2.37. The minimum Gasteiger partial charge on any atom is -0.383 e. The lowest BCUT2D eigenvalue weighted by molar-refractivity contribution is 0.130. The van der Waals surface area contributed by atoms with Crippen LogP contribution in [0.25, 0.3) is 0 Å². The first-order valence-electron chi connectivity index (χ1n) is 5.72. The molecule has 0 aromatic heterocycles. The number of hydrogen-bond donors (Lipinski definition) is 1. The first-order valence-corrected chi connectivity index (χ1v) is 5.72. The molecule has 0 saturated heterocycles. The minimum absolute atomic E-state index is 0.696. The van der Waals surface area contributed by atoms with Crippen LogP contribution in [-0.2, 0) is 4.74 Å². The second kappa shape index (κ2) is 6.38. The molecule has 0 aromatic carbocycles. The average Bonchev–Trinajstić information content (AvgIpc) is 2.63. The van der Waals surface area contributed by atoms with E-state index < -0.39 is 0 Å². The number of rotatable bonds is 6. The van der Waals surface area contributed by atoms with Crippen molar-refractivity contribution in [2.75, 3.05) is 33.9 Å². The molecular weight excluding hydrogens is 176 g/mol. The second-order valence-electron chi connectivity index (χ2n) is 4.14. The Hall–Kier alpha value is -0.120. The molecule has 0 heterocycles. The number of nitrogens with one attached hydrogen (secondary N) is 1. The Morgan fingerprint density at radius 3 is 2.86 bits per heavy atom. The molecule has 1 saturated carbocycles. The Balaban J connectivity index is 2.32. The number of hydrogen-bond acceptors (Lipinski definition) is 3. The van der Waals surface area contributed by atoms with Crippen molar-refractivity contribution in [3.05, 3.63) is 0 Å². The Morgan fingerprint density at radius 1 is 1.43 bits per heavy atom. The molecule has 84 valence electrons. The maximum Gasteiger partial charge on any atom is 0.0589 e. The molecule has 1 aliphatic carbocycles. The third-order valence-electron chi connectivity index (χ3n) is 3.16. The van der Waals surface area contributed by atoms with Gasteiger partial charge >= 0.3 is 0 Å². The van der Waals surface area contributed by atoms with Crippen molar-refractivity contribution >= 4 is 0 Å². The van der Waals surface area contributed by atoms with Crippen molar-refractivity contribution in [2.45, 2.75) is 38.3 Å². The molecule has 1 rings (SSSR count). The fourth-order valence-electron chi connectivity index (χ4n) is 2.37. The zero-order chi connectivity index (χ0) is 10.4. The van der Waals surface area contributed by atoms with Crippen molar-refractivity contribution in [3.63, 3.8) is 0 Å². The zero-order valence-corrected chi connectivity index (χ0v) is 9.75. The van der Waals surface area contributed by atoms with Gasteiger partial charge in [0.15, 0.2) is 0 Å². The first-order chi connectivity index (χ1) is 6.79. The van der Waals surface area contributed by atoms with E-state index in [2.05, 4.69) is 24.2 Å². The van der Waals surface area contributed by atoms with E-state index in [4.69, 9.17) is 4.74 Å². The molecule has 2 atom stereocenters. The summed E-state index contributed by atoms with van der Waals surface area (Å²) in [4.78, 5) is 2.43. The van der Waals surface area contributed by atoms with Crippen LogP contribution in [0.15, 0.2) is 0 Å². The van der Waals surface area contributed by atoms with E-state index >= 15 is 0 Å². The predicted octanol–water partition coefficient (Wildman–Crippen LogP) is 1.10. The minimum atomic E-state index is 0.696. The van der Waals surface area contributed by atoms with Gasteiger partial charge in [0.05, 0.1) is 6.61 Å². The maximum absolute atomic E-state index is 5.11. The number of methoxy groups -OCH3 is 1. The van der Waals surface area contributed by atoms with Gasteiger partial charge in [0.2, 0.25) is 0 Å². The predicted molar refractivity (Wildman–Crippen MR) is 59.6 cm³/mol. The molecule has 1 aliphatic rings. The molecule has 0 spiro atoms. The standard InChI is InChI=1S/C11H24N2O/c1-4-12-10-6-5-7-11(10)13(2)8-9-14-3/h10-12H,4-9H2,1-3H3. The van der Waals surface area contributed by atoms with Crippen LogP contribution in [0.2, 0.25) is 0 Å². The fraction of sp³-hybridized carbons (Fsp3) is 1.00. The van der Waals surface area contributed by atoms with E-state index in [-0.39, 0.29) is 0 Å². The first kappa shape index (κ1) is 12.0. The van der Waals surface area contributed by atoms with Gasteiger partial charge in [0.25, 0.3) is 0 Å². The molecule has 0 amide bonds. The van der Waals surface area contributed by atoms with Gasteiger partial charge in [-0.2, -0.15) is 0 Å². The van der Waals surface area contributed by atoms with Crippen LogP contribution in [0.4, 0.5) is 0 Å². The summed E-state index contributed by atoms with van der Waals surface area (Å²) < 4.78 is 5.11. The van der Waals surface area contributed by atoms with Gasteiger partial charge < -0.3 is 10.1 Å². The summed E-state index contributed by atoms with van der Waals surface area (Å²) in [5.41, 5.74) is 0. The van der Waals surface area contributed by atoms with Crippen LogP contribution < -0.4 is 5.32 Å². The lowest BCUT2D eigenvalue weighted by Crippen LogP contribution is -2.46. The van der Waals surface area contributed by atoms with Gasteiger partial charge in [-0.25, -0.2) is 0 Å². The van der Waals surface area contributed by atoms with Gasteiger partial charge in [0, 0.05) is 25.7 Å². The average molecular weight is 200 g/mol. The smallest absolute Gasteiger partial charge is 0.0589 e. The molecule has 0 radical (unpaired) electrons. The van der Waals surface area contributed by atoms with E-state index in [1.165, 1.54) is 19.3 Å². The maximum atomic E-state index is 5.11. The van der Waals surface area contributed by atoms with Crippen LogP contribution >= 0.6 is 0 Å². The third-order valence-corrected chi connectivity index (χ3v) is 3.16. The Morgan fingerprint density at radius 2 is 2.21 bits per heavy atom. The Labute approximate surface area is 87.8 Å². The second-order valence-corrected chi connectivity index (χ2v) is 4.14. The molecule has 14 heavy (non-hydrogen) atoms. The van der Waals surface area contributed by atoms with Crippen molar-refractivity contribution in [2.24, 2.45) is 0 Å².